The average Bonchev–Trinajstić information content (AvgIpc) is 2.67. The third kappa shape index (κ3) is 4.57. The fraction of sp³-hybridized carbons (Fsp3) is 0.100. The van der Waals surface area contributed by atoms with Crippen LogP contribution in [-0.2, 0) is 6.54 Å². The lowest BCUT2D eigenvalue weighted by atomic mass is 10.2. The number of rotatable bonds is 6. The number of ether oxygens (including phenoxy) is 2. The standard InChI is InChI=1S/C20H18N2O3/c1-24-17-8-5-7-16(13-17)20(23)22-14-15-6-4-9-18(12-15)25-19-10-2-3-11-21-19/h2-13H,14H2,1H3,(H,22,23). The Morgan fingerprint density at radius 3 is 2.64 bits per heavy atom. The molecule has 3 rings (SSSR count). The summed E-state index contributed by atoms with van der Waals surface area (Å²) in [5, 5.41) is 2.89. The molecular formula is C20H18N2O3. The lowest BCUT2D eigenvalue weighted by molar-refractivity contribution is 0.0950. The van der Waals surface area contributed by atoms with Crippen LogP contribution in [0.15, 0.2) is 72.9 Å². The van der Waals surface area contributed by atoms with Crippen molar-refractivity contribution < 1.29 is 14.3 Å². The first-order valence-corrected chi connectivity index (χ1v) is 7.85. The van der Waals surface area contributed by atoms with Gasteiger partial charge in [-0.15, -0.1) is 0 Å². The normalized spacial score (nSPS) is 10.1. The first-order chi connectivity index (χ1) is 12.2. The summed E-state index contributed by atoms with van der Waals surface area (Å²) in [5.41, 5.74) is 1.49. The Balaban J connectivity index is 1.63. The van der Waals surface area contributed by atoms with Gasteiger partial charge in [-0.05, 0) is 42.0 Å². The van der Waals surface area contributed by atoms with Crippen molar-refractivity contribution >= 4 is 5.91 Å². The molecule has 1 heterocycles. The van der Waals surface area contributed by atoms with Crippen molar-refractivity contribution in [2.75, 3.05) is 7.11 Å². The minimum absolute atomic E-state index is 0.157. The van der Waals surface area contributed by atoms with Crippen LogP contribution in [0, 0.1) is 0 Å². The van der Waals surface area contributed by atoms with Gasteiger partial charge in [0.25, 0.3) is 5.91 Å². The van der Waals surface area contributed by atoms with E-state index in [0.29, 0.717) is 29.5 Å². The highest BCUT2D eigenvalue weighted by molar-refractivity contribution is 5.94. The maximum atomic E-state index is 12.3. The van der Waals surface area contributed by atoms with Crippen molar-refractivity contribution in [3.8, 4) is 17.4 Å². The Labute approximate surface area is 146 Å². The molecule has 0 saturated heterocycles. The summed E-state index contributed by atoms with van der Waals surface area (Å²) in [6.45, 7) is 0.398. The molecule has 0 aliphatic carbocycles. The Morgan fingerprint density at radius 2 is 1.84 bits per heavy atom. The van der Waals surface area contributed by atoms with E-state index in [9.17, 15) is 4.79 Å². The fourth-order valence-electron chi connectivity index (χ4n) is 2.30. The molecule has 0 bridgehead atoms. The molecule has 2 aromatic carbocycles. The van der Waals surface area contributed by atoms with Crippen molar-refractivity contribution in [3.05, 3.63) is 84.1 Å². The van der Waals surface area contributed by atoms with Gasteiger partial charge in [-0.25, -0.2) is 4.98 Å². The number of hydrogen-bond acceptors (Lipinski definition) is 4. The molecule has 0 aliphatic heterocycles. The smallest absolute Gasteiger partial charge is 0.251 e. The molecule has 0 aliphatic rings. The van der Waals surface area contributed by atoms with E-state index in [2.05, 4.69) is 10.3 Å². The van der Waals surface area contributed by atoms with E-state index in [-0.39, 0.29) is 5.91 Å². The van der Waals surface area contributed by atoms with Gasteiger partial charge in [-0.2, -0.15) is 0 Å². The SMILES string of the molecule is COc1cccc(C(=O)NCc2cccc(Oc3ccccn3)c2)c1. The Morgan fingerprint density at radius 1 is 1.00 bits per heavy atom. The number of nitrogens with zero attached hydrogens (tertiary/aromatic N) is 1. The second-order valence-electron chi connectivity index (χ2n) is 5.33. The van der Waals surface area contributed by atoms with Crippen molar-refractivity contribution in [1.29, 1.82) is 0 Å². The molecule has 1 amide bonds. The highest BCUT2D eigenvalue weighted by atomic mass is 16.5. The summed E-state index contributed by atoms with van der Waals surface area (Å²) >= 11 is 0. The Bertz CT molecular complexity index is 850. The van der Waals surface area contributed by atoms with Crippen molar-refractivity contribution in [2.45, 2.75) is 6.54 Å². The van der Waals surface area contributed by atoms with E-state index in [4.69, 9.17) is 9.47 Å². The number of amides is 1. The Kier molecular flexibility index (Phi) is 5.26. The van der Waals surface area contributed by atoms with Gasteiger partial charge < -0.3 is 14.8 Å². The van der Waals surface area contributed by atoms with E-state index >= 15 is 0 Å². The number of methoxy groups -OCH3 is 1. The largest absolute Gasteiger partial charge is 0.497 e. The molecule has 3 aromatic rings. The predicted octanol–water partition coefficient (Wildman–Crippen LogP) is 3.81. The molecular weight excluding hydrogens is 316 g/mol. The zero-order chi connectivity index (χ0) is 17.5. The first kappa shape index (κ1) is 16.5. The van der Waals surface area contributed by atoms with Gasteiger partial charge in [0.1, 0.15) is 11.5 Å². The minimum Gasteiger partial charge on any atom is -0.497 e. The molecule has 25 heavy (non-hydrogen) atoms. The van der Waals surface area contributed by atoms with Crippen LogP contribution in [0.25, 0.3) is 0 Å². The van der Waals surface area contributed by atoms with Crippen LogP contribution < -0.4 is 14.8 Å². The quantitative estimate of drug-likeness (QED) is 0.744. The fourth-order valence-corrected chi connectivity index (χ4v) is 2.30. The van der Waals surface area contributed by atoms with E-state index < -0.39 is 0 Å². The lowest BCUT2D eigenvalue weighted by Crippen LogP contribution is -2.22. The molecule has 126 valence electrons. The van der Waals surface area contributed by atoms with E-state index in [1.165, 1.54) is 0 Å². The molecule has 0 atom stereocenters. The van der Waals surface area contributed by atoms with E-state index in [1.54, 1.807) is 43.6 Å². The molecule has 0 spiro atoms. The zero-order valence-electron chi connectivity index (χ0n) is 13.8. The van der Waals surface area contributed by atoms with Crippen molar-refractivity contribution in [1.82, 2.24) is 10.3 Å². The number of hydrogen-bond donors (Lipinski definition) is 1. The maximum Gasteiger partial charge on any atom is 0.251 e. The second kappa shape index (κ2) is 7.97. The van der Waals surface area contributed by atoms with Crippen LogP contribution >= 0.6 is 0 Å². The third-order valence-corrected chi connectivity index (χ3v) is 3.54. The molecule has 0 fully saturated rings. The minimum atomic E-state index is -0.157. The lowest BCUT2D eigenvalue weighted by Gasteiger charge is -2.09. The molecule has 5 heteroatoms. The van der Waals surface area contributed by atoms with Gasteiger partial charge in [0.05, 0.1) is 7.11 Å². The topological polar surface area (TPSA) is 60.5 Å². The van der Waals surface area contributed by atoms with Gasteiger partial charge in [0.15, 0.2) is 0 Å². The van der Waals surface area contributed by atoms with Gasteiger partial charge in [-0.1, -0.05) is 24.3 Å². The van der Waals surface area contributed by atoms with Crippen molar-refractivity contribution in [3.63, 3.8) is 0 Å². The van der Waals surface area contributed by atoms with Crippen LogP contribution in [0.1, 0.15) is 15.9 Å². The van der Waals surface area contributed by atoms with E-state index in [1.807, 2.05) is 36.4 Å². The van der Waals surface area contributed by atoms with E-state index in [0.717, 1.165) is 5.56 Å². The first-order valence-electron chi connectivity index (χ1n) is 7.85. The predicted molar refractivity (Wildman–Crippen MR) is 94.9 cm³/mol. The summed E-state index contributed by atoms with van der Waals surface area (Å²) in [7, 11) is 1.57. The molecule has 0 unspecified atom stereocenters. The summed E-state index contributed by atoms with van der Waals surface area (Å²) in [4.78, 5) is 16.4. The number of aromatic nitrogens is 1. The summed E-state index contributed by atoms with van der Waals surface area (Å²) < 4.78 is 10.8. The number of benzene rings is 2. The average molecular weight is 334 g/mol. The molecule has 1 N–H and O–H groups in total. The number of nitrogens with one attached hydrogen (secondary N) is 1. The van der Waals surface area contributed by atoms with Crippen LogP contribution in [0.3, 0.4) is 0 Å². The summed E-state index contributed by atoms with van der Waals surface area (Å²) in [5.74, 6) is 1.69. The Hall–Kier alpha value is -3.34. The monoisotopic (exact) mass is 334 g/mol. The second-order valence-corrected chi connectivity index (χ2v) is 5.33. The van der Waals surface area contributed by atoms with Crippen LogP contribution in [0.2, 0.25) is 0 Å². The molecule has 5 nitrogen and oxygen atoms in total. The number of pyridine rings is 1. The third-order valence-electron chi connectivity index (χ3n) is 3.54. The number of carbonyl (C=O) groups is 1. The highest BCUT2D eigenvalue weighted by Crippen LogP contribution is 2.20. The van der Waals surface area contributed by atoms with Crippen molar-refractivity contribution in [2.24, 2.45) is 0 Å². The highest BCUT2D eigenvalue weighted by Gasteiger charge is 2.07. The summed E-state index contributed by atoms with van der Waals surface area (Å²) in [6.07, 6.45) is 1.67. The van der Waals surface area contributed by atoms with Crippen LogP contribution in [0.4, 0.5) is 0 Å². The number of carbonyl (C=O) groups excluding carboxylic acids is 1. The molecule has 1 aromatic heterocycles. The van der Waals surface area contributed by atoms with Crippen LogP contribution in [-0.4, -0.2) is 18.0 Å². The summed E-state index contributed by atoms with van der Waals surface area (Å²) in [6, 6.07) is 20.1. The van der Waals surface area contributed by atoms with Gasteiger partial charge in [0, 0.05) is 24.4 Å². The molecule has 0 saturated carbocycles. The van der Waals surface area contributed by atoms with Gasteiger partial charge in [-0.3, -0.25) is 4.79 Å². The van der Waals surface area contributed by atoms with Crippen LogP contribution in [0.5, 0.6) is 17.4 Å². The zero-order valence-corrected chi connectivity index (χ0v) is 13.8. The van der Waals surface area contributed by atoms with Gasteiger partial charge >= 0.3 is 0 Å². The van der Waals surface area contributed by atoms with Gasteiger partial charge in [0.2, 0.25) is 5.88 Å². The maximum absolute atomic E-state index is 12.3. The molecule has 0 radical (unpaired) electrons.